The molecule has 0 aromatic carbocycles. The average Bonchev–Trinajstić information content (AvgIpc) is 2.82. The van der Waals surface area contributed by atoms with Crippen LogP contribution in [0.4, 0.5) is 0 Å². The van der Waals surface area contributed by atoms with Crippen molar-refractivity contribution in [1.82, 2.24) is 0 Å². The summed E-state index contributed by atoms with van der Waals surface area (Å²) >= 11 is 0. The molecule has 0 N–H and O–H groups in total. The fourth-order valence-corrected chi connectivity index (χ4v) is 2.78. The highest BCUT2D eigenvalue weighted by atomic mass is 31.1. The minimum absolute atomic E-state index is 0.729. The van der Waals surface area contributed by atoms with E-state index in [1.807, 2.05) is 0 Å². The summed E-state index contributed by atoms with van der Waals surface area (Å²) in [5.74, 6) is 2.81. The number of rotatable bonds is 5. The van der Waals surface area contributed by atoms with E-state index < -0.39 is 0 Å². The molecule has 1 saturated carbocycles. The van der Waals surface area contributed by atoms with Crippen molar-refractivity contribution in [2.24, 2.45) is 17.8 Å². The zero-order valence-corrected chi connectivity index (χ0v) is 9.51. The third-order valence-corrected chi connectivity index (χ3v) is 4.49. The van der Waals surface area contributed by atoms with E-state index in [9.17, 15) is 0 Å². The largest absolute Gasteiger partial charge is 0.122 e. The quantitative estimate of drug-likeness (QED) is 0.453. The lowest BCUT2D eigenvalue weighted by atomic mass is 10.0. The van der Waals surface area contributed by atoms with Gasteiger partial charge in [0.2, 0.25) is 0 Å². The molecule has 5 atom stereocenters. The van der Waals surface area contributed by atoms with E-state index in [0.717, 1.165) is 32.0 Å². The van der Waals surface area contributed by atoms with E-state index in [-0.39, 0.29) is 0 Å². The Morgan fingerprint density at radius 2 is 2.25 bits per heavy atom. The van der Waals surface area contributed by atoms with Gasteiger partial charge >= 0.3 is 0 Å². The molecular formula is C11H21P. The summed E-state index contributed by atoms with van der Waals surface area (Å²) in [7, 11) is 1.13. The first-order valence-corrected chi connectivity index (χ1v) is 6.56. The van der Waals surface area contributed by atoms with Crippen LogP contribution in [0, 0.1) is 17.8 Å². The predicted molar refractivity (Wildman–Crippen MR) is 59.3 cm³/mol. The van der Waals surface area contributed by atoms with Gasteiger partial charge in [-0.15, -0.1) is 15.2 Å². The fourth-order valence-electron chi connectivity index (χ4n) is 1.94. The standard InChI is InChI=1S/C11H21P/c1-5-8(2)6-10-7-11(10)9(3)12-4/h5,8-12H,1,6-7H2,2-4H3. The average molecular weight is 184 g/mol. The topological polar surface area (TPSA) is 0 Å². The molecule has 1 aliphatic rings. The maximum atomic E-state index is 3.83. The van der Waals surface area contributed by atoms with Crippen molar-refractivity contribution in [3.05, 3.63) is 12.7 Å². The van der Waals surface area contributed by atoms with Crippen LogP contribution >= 0.6 is 8.58 Å². The molecule has 0 bridgehead atoms. The van der Waals surface area contributed by atoms with Crippen LogP contribution < -0.4 is 0 Å². The molecule has 1 aliphatic carbocycles. The maximum absolute atomic E-state index is 3.83. The summed E-state index contributed by atoms with van der Waals surface area (Å²) in [6, 6.07) is 0. The molecule has 1 heteroatoms. The summed E-state index contributed by atoms with van der Waals surface area (Å²) in [5, 5.41) is 0. The Balaban J connectivity index is 2.19. The summed E-state index contributed by atoms with van der Waals surface area (Å²) in [6.45, 7) is 10.8. The Bertz CT molecular complexity index is 153. The van der Waals surface area contributed by atoms with Gasteiger partial charge < -0.3 is 0 Å². The maximum Gasteiger partial charge on any atom is -0.0236 e. The minimum atomic E-state index is 0.729. The highest BCUT2D eigenvalue weighted by Crippen LogP contribution is 2.49. The van der Waals surface area contributed by atoms with Crippen LogP contribution in [0.1, 0.15) is 26.7 Å². The molecule has 0 radical (unpaired) electrons. The van der Waals surface area contributed by atoms with Crippen molar-refractivity contribution in [1.29, 1.82) is 0 Å². The second kappa shape index (κ2) is 4.42. The van der Waals surface area contributed by atoms with E-state index in [1.165, 1.54) is 12.8 Å². The predicted octanol–water partition coefficient (Wildman–Crippen LogP) is 3.53. The molecule has 5 unspecified atom stereocenters. The lowest BCUT2D eigenvalue weighted by molar-refractivity contribution is 0.550. The van der Waals surface area contributed by atoms with Gasteiger partial charge in [0.15, 0.2) is 0 Å². The fraction of sp³-hybridized carbons (Fsp3) is 0.818. The number of allylic oxidation sites excluding steroid dienone is 1. The second-order valence-corrected chi connectivity index (χ2v) is 5.67. The normalized spacial score (nSPS) is 33.6. The number of hydrogen-bond acceptors (Lipinski definition) is 0. The summed E-state index contributed by atoms with van der Waals surface area (Å²) in [6.07, 6.45) is 4.96. The van der Waals surface area contributed by atoms with Crippen LogP contribution in [0.3, 0.4) is 0 Å². The van der Waals surface area contributed by atoms with Crippen LogP contribution in [0.15, 0.2) is 12.7 Å². The van der Waals surface area contributed by atoms with E-state index in [0.29, 0.717) is 0 Å². The minimum Gasteiger partial charge on any atom is -0.122 e. The van der Waals surface area contributed by atoms with Gasteiger partial charge in [-0.3, -0.25) is 0 Å². The molecule has 0 aliphatic heterocycles. The van der Waals surface area contributed by atoms with E-state index >= 15 is 0 Å². The third-order valence-electron chi connectivity index (χ3n) is 3.15. The Kier molecular flexibility index (Phi) is 3.77. The van der Waals surface area contributed by atoms with Crippen LogP contribution in [-0.2, 0) is 0 Å². The van der Waals surface area contributed by atoms with E-state index in [2.05, 4.69) is 33.2 Å². The zero-order valence-electron chi connectivity index (χ0n) is 8.51. The highest BCUT2D eigenvalue weighted by Gasteiger charge is 2.40. The first-order chi connectivity index (χ1) is 5.69. The summed E-state index contributed by atoms with van der Waals surface area (Å²) in [5.41, 5.74) is 0.979. The zero-order chi connectivity index (χ0) is 9.14. The van der Waals surface area contributed by atoms with E-state index in [4.69, 9.17) is 0 Å². The molecule has 1 rings (SSSR count). The van der Waals surface area contributed by atoms with Gasteiger partial charge in [-0.1, -0.05) is 19.9 Å². The van der Waals surface area contributed by atoms with Crippen LogP contribution in [0.2, 0.25) is 0 Å². The van der Waals surface area contributed by atoms with Crippen molar-refractivity contribution in [3.63, 3.8) is 0 Å². The van der Waals surface area contributed by atoms with Crippen molar-refractivity contribution >= 4 is 8.58 Å². The summed E-state index contributed by atoms with van der Waals surface area (Å²) in [4.78, 5) is 0. The first kappa shape index (κ1) is 10.3. The van der Waals surface area contributed by atoms with Crippen LogP contribution in [-0.4, -0.2) is 12.3 Å². The monoisotopic (exact) mass is 184 g/mol. The molecule has 70 valence electrons. The van der Waals surface area contributed by atoms with Gasteiger partial charge in [0.25, 0.3) is 0 Å². The Labute approximate surface area is 78.6 Å². The van der Waals surface area contributed by atoms with Gasteiger partial charge in [-0.25, -0.2) is 0 Å². The molecule has 12 heavy (non-hydrogen) atoms. The molecule has 0 aromatic rings. The Morgan fingerprint density at radius 1 is 1.58 bits per heavy atom. The van der Waals surface area contributed by atoms with Crippen LogP contribution in [0.25, 0.3) is 0 Å². The highest BCUT2D eigenvalue weighted by molar-refractivity contribution is 7.37. The van der Waals surface area contributed by atoms with Crippen molar-refractivity contribution in [2.75, 3.05) is 6.66 Å². The second-order valence-electron chi connectivity index (χ2n) is 4.19. The Hall–Kier alpha value is 0.170. The summed E-state index contributed by atoms with van der Waals surface area (Å²) < 4.78 is 0. The molecular weight excluding hydrogens is 163 g/mol. The third kappa shape index (κ3) is 2.59. The molecule has 0 amide bonds. The van der Waals surface area contributed by atoms with Crippen molar-refractivity contribution in [2.45, 2.75) is 32.3 Å². The lowest BCUT2D eigenvalue weighted by Gasteiger charge is -2.08. The molecule has 0 aromatic heterocycles. The van der Waals surface area contributed by atoms with Gasteiger partial charge in [0, 0.05) is 0 Å². The molecule has 1 fully saturated rings. The van der Waals surface area contributed by atoms with E-state index in [1.54, 1.807) is 0 Å². The van der Waals surface area contributed by atoms with Gasteiger partial charge in [0.05, 0.1) is 0 Å². The molecule has 0 nitrogen and oxygen atoms in total. The lowest BCUT2D eigenvalue weighted by Crippen LogP contribution is -2.00. The number of hydrogen-bond donors (Lipinski definition) is 0. The first-order valence-electron chi connectivity index (χ1n) is 4.98. The van der Waals surface area contributed by atoms with Crippen LogP contribution in [0.5, 0.6) is 0 Å². The van der Waals surface area contributed by atoms with Gasteiger partial charge in [0.1, 0.15) is 0 Å². The van der Waals surface area contributed by atoms with Crippen molar-refractivity contribution < 1.29 is 0 Å². The van der Waals surface area contributed by atoms with Gasteiger partial charge in [-0.05, 0) is 42.9 Å². The SMILES string of the molecule is C=CC(C)CC1CC1C(C)PC. The molecule has 0 heterocycles. The smallest absolute Gasteiger partial charge is 0.0236 e. The Morgan fingerprint density at radius 3 is 2.75 bits per heavy atom. The van der Waals surface area contributed by atoms with Crippen molar-refractivity contribution in [3.8, 4) is 0 Å². The van der Waals surface area contributed by atoms with Gasteiger partial charge in [-0.2, -0.15) is 0 Å². The molecule has 0 spiro atoms. The molecule has 0 saturated heterocycles.